The molecule has 2 aliphatic heterocycles. The number of guanidine groups is 1. The monoisotopic (exact) mass is 458 g/mol. The number of hydrogen-bond acceptors (Lipinski definition) is 6. The number of amides is 1. The van der Waals surface area contributed by atoms with E-state index in [9.17, 15) is 14.0 Å². The van der Waals surface area contributed by atoms with Crippen LogP contribution in [0.3, 0.4) is 0 Å². The molecule has 1 amide bonds. The Morgan fingerprint density at radius 3 is 2.44 bits per heavy atom. The normalized spacial score (nSPS) is 21.1. The summed E-state index contributed by atoms with van der Waals surface area (Å²) in [4.78, 5) is 34.1. The van der Waals surface area contributed by atoms with Gasteiger partial charge in [0.25, 0.3) is 0 Å². The highest BCUT2D eigenvalue weighted by atomic mass is 35.5. The van der Waals surface area contributed by atoms with Crippen molar-refractivity contribution in [2.24, 2.45) is 10.9 Å². The lowest BCUT2D eigenvalue weighted by Crippen LogP contribution is -2.57. The summed E-state index contributed by atoms with van der Waals surface area (Å²) in [5.41, 5.74) is 1.26. The smallest absolute Gasteiger partial charge is 0.321 e. The predicted molar refractivity (Wildman–Crippen MR) is 120 cm³/mol. The Labute approximate surface area is 190 Å². The first-order valence-electron chi connectivity index (χ1n) is 10.5. The van der Waals surface area contributed by atoms with Gasteiger partial charge in [0.15, 0.2) is 5.92 Å². The fraction of sp³-hybridized carbons (Fsp3) is 0.348. The largest absolute Gasteiger partial charge is 0.465 e. The van der Waals surface area contributed by atoms with Crippen molar-refractivity contribution in [1.82, 2.24) is 10.2 Å². The number of carbonyl (C=O) groups is 2. The molecule has 2 aromatic rings. The summed E-state index contributed by atoms with van der Waals surface area (Å²) in [5.74, 6) is -2.00. The van der Waals surface area contributed by atoms with Crippen molar-refractivity contribution in [3.63, 3.8) is 0 Å². The van der Waals surface area contributed by atoms with Gasteiger partial charge in [-0.3, -0.25) is 14.9 Å². The Morgan fingerprint density at radius 2 is 1.78 bits per heavy atom. The molecule has 1 saturated heterocycles. The van der Waals surface area contributed by atoms with E-state index in [4.69, 9.17) is 21.3 Å². The third-order valence-electron chi connectivity index (χ3n) is 5.62. The molecule has 0 saturated carbocycles. The zero-order valence-corrected chi connectivity index (χ0v) is 18.4. The average Bonchev–Trinajstić information content (AvgIpc) is 2.79. The van der Waals surface area contributed by atoms with Crippen molar-refractivity contribution in [2.75, 3.05) is 37.7 Å². The van der Waals surface area contributed by atoms with Gasteiger partial charge in [-0.2, -0.15) is 0 Å². The van der Waals surface area contributed by atoms with E-state index in [-0.39, 0.29) is 12.4 Å². The first-order valence-corrected chi connectivity index (χ1v) is 10.9. The number of benzene rings is 2. The van der Waals surface area contributed by atoms with Crippen molar-refractivity contribution < 1.29 is 18.7 Å². The van der Waals surface area contributed by atoms with Gasteiger partial charge in [-0.25, -0.2) is 9.38 Å². The Balaban J connectivity index is 1.56. The molecule has 2 aromatic carbocycles. The van der Waals surface area contributed by atoms with Gasteiger partial charge in [-0.15, -0.1) is 0 Å². The molecule has 2 heterocycles. The fourth-order valence-corrected chi connectivity index (χ4v) is 4.12. The molecule has 2 aliphatic rings. The van der Waals surface area contributed by atoms with Gasteiger partial charge in [-0.1, -0.05) is 35.9 Å². The zero-order valence-electron chi connectivity index (χ0n) is 17.6. The lowest BCUT2D eigenvalue weighted by Gasteiger charge is -2.39. The molecular weight excluding hydrogens is 435 g/mol. The summed E-state index contributed by atoms with van der Waals surface area (Å²) < 4.78 is 19.3. The topological polar surface area (TPSA) is 74.2 Å². The van der Waals surface area contributed by atoms with Crippen molar-refractivity contribution in [3.05, 3.63) is 64.9 Å². The number of ether oxygens (including phenoxy) is 1. The van der Waals surface area contributed by atoms with Gasteiger partial charge in [0, 0.05) is 31.2 Å². The van der Waals surface area contributed by atoms with E-state index in [0.717, 1.165) is 0 Å². The summed E-state index contributed by atoms with van der Waals surface area (Å²) in [6.07, 6.45) is 0. The van der Waals surface area contributed by atoms with Crippen molar-refractivity contribution in [3.8, 4) is 0 Å². The summed E-state index contributed by atoms with van der Waals surface area (Å²) >= 11 is 6.01. The molecule has 0 aromatic heterocycles. The number of piperazine rings is 1. The van der Waals surface area contributed by atoms with Crippen LogP contribution in [0.2, 0.25) is 5.02 Å². The Hall–Kier alpha value is -3.13. The second-order valence-electron chi connectivity index (χ2n) is 7.59. The number of carbonyl (C=O) groups excluding carboxylic acids is 2. The van der Waals surface area contributed by atoms with Crippen LogP contribution < -0.4 is 10.2 Å². The molecular formula is C23H24ClFN4O3. The maximum absolute atomic E-state index is 14.1. The van der Waals surface area contributed by atoms with E-state index < -0.39 is 23.8 Å². The zero-order chi connectivity index (χ0) is 22.7. The number of hydrogen-bond donors (Lipinski definition) is 1. The number of rotatable bonds is 4. The number of esters is 1. The standard InChI is InChI=1S/C23H24ClFN4O3/c1-2-32-22(31)19-20(15-7-9-16(24)10-8-15)26-23(27-21(19)30)29-13-11-28(12-14-29)18-6-4-3-5-17(18)25/h3-10,19-20H,2,11-14H2,1H3,(H,26,27,30)/t19-,20-/m1/s1. The van der Waals surface area contributed by atoms with Crippen LogP contribution in [0.5, 0.6) is 0 Å². The highest BCUT2D eigenvalue weighted by Gasteiger charge is 2.42. The molecule has 0 spiro atoms. The molecule has 168 valence electrons. The minimum absolute atomic E-state index is 0.171. The lowest BCUT2D eigenvalue weighted by atomic mass is 9.91. The Kier molecular flexibility index (Phi) is 6.60. The molecule has 9 heteroatoms. The molecule has 1 N–H and O–H groups in total. The fourth-order valence-electron chi connectivity index (χ4n) is 3.99. The van der Waals surface area contributed by atoms with Crippen LogP contribution in [0.1, 0.15) is 18.5 Å². The molecule has 0 radical (unpaired) electrons. The number of anilines is 1. The van der Waals surface area contributed by atoms with Crippen LogP contribution >= 0.6 is 11.6 Å². The number of para-hydroxylation sites is 1. The van der Waals surface area contributed by atoms with Crippen LogP contribution in [0, 0.1) is 11.7 Å². The summed E-state index contributed by atoms with van der Waals surface area (Å²) in [6, 6.07) is 12.9. The van der Waals surface area contributed by atoms with Crippen LogP contribution in [0.25, 0.3) is 0 Å². The minimum Gasteiger partial charge on any atom is -0.465 e. The first-order chi connectivity index (χ1) is 15.5. The summed E-state index contributed by atoms with van der Waals surface area (Å²) in [7, 11) is 0. The molecule has 0 aliphatic carbocycles. The molecule has 32 heavy (non-hydrogen) atoms. The van der Waals surface area contributed by atoms with Gasteiger partial charge in [0.2, 0.25) is 11.9 Å². The van der Waals surface area contributed by atoms with Crippen LogP contribution in [0.15, 0.2) is 53.5 Å². The predicted octanol–water partition coefficient (Wildman–Crippen LogP) is 3.01. The number of halogens is 2. The van der Waals surface area contributed by atoms with Crippen LogP contribution in [-0.2, 0) is 14.3 Å². The van der Waals surface area contributed by atoms with Gasteiger partial charge >= 0.3 is 5.97 Å². The summed E-state index contributed by atoms with van der Waals surface area (Å²) in [5, 5.41) is 3.32. The Bertz CT molecular complexity index is 1020. The third-order valence-corrected chi connectivity index (χ3v) is 5.87. The number of aliphatic imine (C=N–C) groups is 1. The van der Waals surface area contributed by atoms with Crippen molar-refractivity contribution in [1.29, 1.82) is 0 Å². The number of nitrogens with one attached hydrogen (secondary N) is 1. The maximum Gasteiger partial charge on any atom is 0.321 e. The van der Waals surface area contributed by atoms with E-state index >= 15 is 0 Å². The SMILES string of the molecule is CCOC(=O)[C@H]1C(=O)NC(N2CCN(c3ccccc3F)CC2)=N[C@@H]1c1ccc(Cl)cc1. The average molecular weight is 459 g/mol. The second kappa shape index (κ2) is 9.56. The van der Waals surface area contributed by atoms with Gasteiger partial charge in [0.1, 0.15) is 11.9 Å². The van der Waals surface area contributed by atoms with Crippen LogP contribution in [-0.4, -0.2) is 55.5 Å². The lowest BCUT2D eigenvalue weighted by molar-refractivity contribution is -0.153. The van der Waals surface area contributed by atoms with Gasteiger partial charge in [-0.05, 0) is 36.8 Å². The van der Waals surface area contributed by atoms with E-state index in [1.54, 1.807) is 43.3 Å². The van der Waals surface area contributed by atoms with E-state index in [2.05, 4.69) is 5.32 Å². The quantitative estimate of drug-likeness (QED) is 0.563. The Morgan fingerprint density at radius 1 is 1.12 bits per heavy atom. The highest BCUT2D eigenvalue weighted by molar-refractivity contribution is 6.30. The molecule has 0 bridgehead atoms. The van der Waals surface area contributed by atoms with Crippen LogP contribution in [0.4, 0.5) is 10.1 Å². The molecule has 0 unspecified atom stereocenters. The summed E-state index contributed by atoms with van der Waals surface area (Å²) in [6.45, 7) is 4.10. The van der Waals surface area contributed by atoms with E-state index in [1.165, 1.54) is 6.07 Å². The number of nitrogens with zero attached hydrogens (tertiary/aromatic N) is 3. The molecule has 4 rings (SSSR count). The molecule has 1 fully saturated rings. The molecule has 2 atom stereocenters. The third kappa shape index (κ3) is 4.55. The van der Waals surface area contributed by atoms with E-state index in [0.29, 0.717) is 48.4 Å². The molecule has 7 nitrogen and oxygen atoms in total. The van der Waals surface area contributed by atoms with Gasteiger partial charge < -0.3 is 14.5 Å². The van der Waals surface area contributed by atoms with E-state index in [1.807, 2.05) is 15.9 Å². The van der Waals surface area contributed by atoms with Gasteiger partial charge in [0.05, 0.1) is 12.3 Å². The van der Waals surface area contributed by atoms with Crippen molar-refractivity contribution >= 4 is 35.1 Å². The minimum atomic E-state index is -1.08. The maximum atomic E-state index is 14.1. The van der Waals surface area contributed by atoms with Crippen molar-refractivity contribution in [2.45, 2.75) is 13.0 Å². The highest BCUT2D eigenvalue weighted by Crippen LogP contribution is 2.32. The second-order valence-corrected chi connectivity index (χ2v) is 8.03. The first kappa shape index (κ1) is 22.1.